The normalized spacial score (nSPS) is 19.3. The molecule has 11 heteroatoms. The standard InChI is InChI=1S/C13H15F3N2O5S/c1-18-10(5-6-17-18)8-3-4-11(9(7-8)12(19)22-2)23-24(20,21)13(14,15)16/h5-6,8H,3-4,7H2,1-2H3. The van der Waals surface area contributed by atoms with Gasteiger partial charge in [-0.15, -0.1) is 0 Å². The van der Waals surface area contributed by atoms with Crippen molar-refractivity contribution in [3.05, 3.63) is 29.3 Å². The van der Waals surface area contributed by atoms with Crippen molar-refractivity contribution in [1.82, 2.24) is 9.78 Å². The third-order valence-electron chi connectivity index (χ3n) is 3.71. The minimum absolute atomic E-state index is 0.00504. The second kappa shape index (κ2) is 6.46. The molecular weight excluding hydrogens is 353 g/mol. The van der Waals surface area contributed by atoms with E-state index in [2.05, 4.69) is 14.0 Å². The quantitative estimate of drug-likeness (QED) is 0.459. The summed E-state index contributed by atoms with van der Waals surface area (Å²) < 4.78 is 70.2. The van der Waals surface area contributed by atoms with Gasteiger partial charge in [0.25, 0.3) is 0 Å². The number of halogens is 3. The lowest BCUT2D eigenvalue weighted by molar-refractivity contribution is -0.136. The van der Waals surface area contributed by atoms with E-state index in [0.717, 1.165) is 12.8 Å². The summed E-state index contributed by atoms with van der Waals surface area (Å²) in [6, 6.07) is 1.72. The number of hydrogen-bond acceptors (Lipinski definition) is 6. The van der Waals surface area contributed by atoms with Crippen LogP contribution in [0.2, 0.25) is 0 Å². The van der Waals surface area contributed by atoms with Crippen molar-refractivity contribution in [3.8, 4) is 0 Å². The highest BCUT2D eigenvalue weighted by molar-refractivity contribution is 7.87. The van der Waals surface area contributed by atoms with Gasteiger partial charge in [-0.3, -0.25) is 4.68 Å². The molecule has 1 aromatic heterocycles. The number of methoxy groups -OCH3 is 1. The summed E-state index contributed by atoms with van der Waals surface area (Å²) in [5, 5.41) is 4.00. The molecule has 1 atom stereocenters. The van der Waals surface area contributed by atoms with Crippen molar-refractivity contribution in [1.29, 1.82) is 0 Å². The number of alkyl halides is 3. The van der Waals surface area contributed by atoms with Gasteiger partial charge in [0.05, 0.1) is 12.7 Å². The zero-order valence-corrected chi connectivity index (χ0v) is 13.6. The van der Waals surface area contributed by atoms with Gasteiger partial charge in [-0.25, -0.2) is 4.79 Å². The van der Waals surface area contributed by atoms with E-state index >= 15 is 0 Å². The molecule has 1 unspecified atom stereocenters. The van der Waals surface area contributed by atoms with Crippen molar-refractivity contribution in [2.24, 2.45) is 7.05 Å². The Hall–Kier alpha value is -2.04. The SMILES string of the molecule is COC(=O)C1=C(OS(=O)(=O)C(F)(F)F)CCC(c2ccnn2C)C1. The molecule has 1 heterocycles. The molecule has 0 aromatic carbocycles. The molecule has 7 nitrogen and oxygen atoms in total. The maximum absolute atomic E-state index is 12.5. The molecular formula is C13H15F3N2O5S. The number of carbonyl (C=O) groups excluding carboxylic acids is 1. The number of hydrogen-bond donors (Lipinski definition) is 0. The van der Waals surface area contributed by atoms with Gasteiger partial charge in [0.2, 0.25) is 0 Å². The van der Waals surface area contributed by atoms with Crippen molar-refractivity contribution in [3.63, 3.8) is 0 Å². The van der Waals surface area contributed by atoms with Crippen molar-refractivity contribution in [2.45, 2.75) is 30.7 Å². The third kappa shape index (κ3) is 3.55. The van der Waals surface area contributed by atoms with Crippen molar-refractivity contribution < 1.29 is 35.3 Å². The van der Waals surface area contributed by atoms with Crippen LogP contribution in [0.4, 0.5) is 13.2 Å². The molecule has 0 spiro atoms. The first-order chi connectivity index (χ1) is 11.1. The Bertz CT molecular complexity index is 767. The van der Waals surface area contributed by atoms with E-state index in [4.69, 9.17) is 0 Å². The smallest absolute Gasteiger partial charge is 0.466 e. The molecule has 1 aliphatic carbocycles. The monoisotopic (exact) mass is 368 g/mol. The number of nitrogens with zero attached hydrogens (tertiary/aromatic N) is 2. The third-order valence-corrected chi connectivity index (χ3v) is 4.70. The number of carbonyl (C=O) groups is 1. The highest BCUT2D eigenvalue weighted by atomic mass is 32.2. The topological polar surface area (TPSA) is 87.5 Å². The number of esters is 1. The van der Waals surface area contributed by atoms with Crippen LogP contribution in [0.1, 0.15) is 30.9 Å². The molecule has 0 bridgehead atoms. The minimum Gasteiger partial charge on any atom is -0.466 e. The van der Waals surface area contributed by atoms with Gasteiger partial charge >= 0.3 is 21.6 Å². The number of ether oxygens (including phenoxy) is 1. The van der Waals surface area contributed by atoms with Crippen LogP contribution in [0.15, 0.2) is 23.6 Å². The average molecular weight is 368 g/mol. The van der Waals surface area contributed by atoms with E-state index < -0.39 is 27.4 Å². The van der Waals surface area contributed by atoms with Gasteiger partial charge in [0.15, 0.2) is 0 Å². The van der Waals surface area contributed by atoms with Crippen LogP contribution in [-0.4, -0.2) is 36.8 Å². The second-order valence-electron chi connectivity index (χ2n) is 5.20. The molecule has 0 N–H and O–H groups in total. The summed E-state index contributed by atoms with van der Waals surface area (Å²) in [7, 11) is -3.09. The van der Waals surface area contributed by atoms with Crippen LogP contribution in [-0.2, 0) is 30.9 Å². The largest absolute Gasteiger partial charge is 0.534 e. The first kappa shape index (κ1) is 18.3. The first-order valence-electron chi connectivity index (χ1n) is 6.85. The molecule has 0 amide bonds. The van der Waals surface area contributed by atoms with E-state index in [-0.39, 0.29) is 24.3 Å². The fourth-order valence-electron chi connectivity index (χ4n) is 2.55. The van der Waals surface area contributed by atoms with Gasteiger partial charge < -0.3 is 8.92 Å². The number of allylic oxidation sites excluding steroid dienone is 1. The van der Waals surface area contributed by atoms with Crippen LogP contribution in [0.25, 0.3) is 0 Å². The molecule has 0 aliphatic heterocycles. The Balaban J connectivity index is 2.35. The fourth-order valence-corrected chi connectivity index (χ4v) is 3.09. The number of aromatic nitrogens is 2. The molecule has 0 radical (unpaired) electrons. The van der Waals surface area contributed by atoms with E-state index in [1.54, 1.807) is 24.0 Å². The maximum Gasteiger partial charge on any atom is 0.534 e. The molecule has 2 rings (SSSR count). The predicted molar refractivity (Wildman–Crippen MR) is 74.9 cm³/mol. The van der Waals surface area contributed by atoms with Crippen LogP contribution >= 0.6 is 0 Å². The highest BCUT2D eigenvalue weighted by Gasteiger charge is 2.49. The number of aryl methyl sites for hydroxylation is 1. The molecule has 134 valence electrons. The molecule has 1 aliphatic rings. The van der Waals surface area contributed by atoms with E-state index in [1.807, 2.05) is 0 Å². The lowest BCUT2D eigenvalue weighted by Gasteiger charge is -2.26. The van der Waals surface area contributed by atoms with Gasteiger partial charge in [-0.2, -0.15) is 26.7 Å². The Labute approximate surface area is 136 Å². The van der Waals surface area contributed by atoms with E-state index in [9.17, 15) is 26.4 Å². The minimum atomic E-state index is -5.83. The Morgan fingerprint density at radius 1 is 1.42 bits per heavy atom. The van der Waals surface area contributed by atoms with Crippen molar-refractivity contribution in [2.75, 3.05) is 7.11 Å². The summed E-state index contributed by atoms with van der Waals surface area (Å²) in [4.78, 5) is 11.9. The van der Waals surface area contributed by atoms with Crippen LogP contribution in [0, 0.1) is 0 Å². The fraction of sp³-hybridized carbons (Fsp3) is 0.538. The maximum atomic E-state index is 12.5. The molecule has 1 aromatic rings. The average Bonchev–Trinajstić information content (AvgIpc) is 2.91. The van der Waals surface area contributed by atoms with E-state index in [0.29, 0.717) is 6.42 Å². The van der Waals surface area contributed by atoms with Crippen LogP contribution in [0.5, 0.6) is 0 Å². The molecule has 0 fully saturated rings. The Morgan fingerprint density at radius 3 is 2.58 bits per heavy atom. The van der Waals surface area contributed by atoms with Gasteiger partial charge in [0, 0.05) is 31.3 Å². The molecule has 24 heavy (non-hydrogen) atoms. The Kier molecular flexibility index (Phi) is 4.92. The van der Waals surface area contributed by atoms with Gasteiger partial charge in [-0.05, 0) is 18.9 Å². The summed E-state index contributed by atoms with van der Waals surface area (Å²) in [5.74, 6) is -1.67. The summed E-state index contributed by atoms with van der Waals surface area (Å²) in [5.41, 5.74) is -5.02. The summed E-state index contributed by atoms with van der Waals surface area (Å²) >= 11 is 0. The second-order valence-corrected chi connectivity index (χ2v) is 6.73. The van der Waals surface area contributed by atoms with Gasteiger partial charge in [-0.1, -0.05) is 0 Å². The predicted octanol–water partition coefficient (Wildman–Crippen LogP) is 1.98. The van der Waals surface area contributed by atoms with Crippen molar-refractivity contribution >= 4 is 16.1 Å². The van der Waals surface area contributed by atoms with Crippen LogP contribution in [0.3, 0.4) is 0 Å². The first-order valence-corrected chi connectivity index (χ1v) is 8.26. The van der Waals surface area contributed by atoms with Gasteiger partial charge in [0.1, 0.15) is 5.76 Å². The molecule has 0 saturated heterocycles. The lowest BCUT2D eigenvalue weighted by atomic mass is 9.85. The van der Waals surface area contributed by atoms with E-state index in [1.165, 1.54) is 0 Å². The highest BCUT2D eigenvalue weighted by Crippen LogP contribution is 2.39. The lowest BCUT2D eigenvalue weighted by Crippen LogP contribution is -2.28. The molecule has 0 saturated carbocycles. The summed E-state index contributed by atoms with van der Waals surface area (Å²) in [6.07, 6.45) is 1.71. The Morgan fingerprint density at radius 2 is 2.08 bits per heavy atom. The van der Waals surface area contributed by atoms with Crippen LogP contribution < -0.4 is 0 Å². The zero-order chi connectivity index (χ0) is 18.1. The number of rotatable bonds is 4. The zero-order valence-electron chi connectivity index (χ0n) is 12.8. The summed E-state index contributed by atoms with van der Waals surface area (Å²) in [6.45, 7) is 0.